The third kappa shape index (κ3) is 3.58. The van der Waals surface area contributed by atoms with E-state index in [-0.39, 0.29) is 6.04 Å². The number of hydrazine groups is 1. The highest BCUT2D eigenvalue weighted by Crippen LogP contribution is 2.36. The lowest BCUT2D eigenvalue weighted by atomic mass is 9.79. The van der Waals surface area contributed by atoms with Gasteiger partial charge < -0.3 is 9.47 Å². The van der Waals surface area contributed by atoms with Crippen molar-refractivity contribution in [1.82, 2.24) is 15.4 Å². The Hall–Kier alpha value is -1.40. The van der Waals surface area contributed by atoms with E-state index in [0.717, 1.165) is 0 Å². The first kappa shape index (κ1) is 16.7. The van der Waals surface area contributed by atoms with Crippen LogP contribution >= 0.6 is 0 Å². The van der Waals surface area contributed by atoms with Gasteiger partial charge in [0.15, 0.2) is 0 Å². The van der Waals surface area contributed by atoms with Crippen molar-refractivity contribution < 1.29 is 9.47 Å². The van der Waals surface area contributed by atoms with Gasteiger partial charge in [0, 0.05) is 0 Å². The lowest BCUT2D eigenvalue weighted by Gasteiger charge is -2.32. The van der Waals surface area contributed by atoms with Gasteiger partial charge in [-0.15, -0.1) is 0 Å². The summed E-state index contributed by atoms with van der Waals surface area (Å²) in [5, 5.41) is 0. The van der Waals surface area contributed by atoms with E-state index in [1.54, 1.807) is 20.4 Å². The Bertz CT molecular complexity index is 416. The Morgan fingerprint density at radius 2 is 1.70 bits per heavy atom. The molecule has 0 aliphatic heterocycles. The first-order valence-electron chi connectivity index (χ1n) is 6.87. The van der Waals surface area contributed by atoms with Crippen molar-refractivity contribution in [1.29, 1.82) is 0 Å². The highest BCUT2D eigenvalue weighted by Gasteiger charge is 2.31. The van der Waals surface area contributed by atoms with Crippen LogP contribution in [-0.4, -0.2) is 24.2 Å². The number of ether oxygens (including phenoxy) is 2. The molecule has 1 unspecified atom stereocenters. The van der Waals surface area contributed by atoms with Gasteiger partial charge in [-0.2, -0.15) is 4.98 Å². The van der Waals surface area contributed by atoms with Crippen LogP contribution in [0.5, 0.6) is 11.8 Å². The minimum absolute atomic E-state index is 0.122. The first-order chi connectivity index (χ1) is 9.46. The quantitative estimate of drug-likeness (QED) is 0.587. The molecule has 0 bridgehead atoms. The second kappa shape index (κ2) is 7.40. The van der Waals surface area contributed by atoms with Gasteiger partial charge in [0.05, 0.1) is 26.5 Å². The summed E-state index contributed by atoms with van der Waals surface area (Å²) in [6, 6.07) is -0.122. The Morgan fingerprint density at radius 3 is 2.10 bits per heavy atom. The fraction of sp³-hybridized carbons (Fsp3) is 0.714. The fourth-order valence-corrected chi connectivity index (χ4v) is 2.74. The van der Waals surface area contributed by atoms with E-state index in [1.165, 1.54) is 0 Å². The van der Waals surface area contributed by atoms with Gasteiger partial charge in [0.25, 0.3) is 0 Å². The van der Waals surface area contributed by atoms with Gasteiger partial charge >= 0.3 is 0 Å². The number of hydrogen-bond acceptors (Lipinski definition) is 6. The number of methoxy groups -OCH3 is 2. The molecule has 1 aromatic heterocycles. The summed E-state index contributed by atoms with van der Waals surface area (Å²) < 4.78 is 10.4. The Labute approximate surface area is 121 Å². The number of nitrogens with two attached hydrogens (primary N) is 1. The third-order valence-corrected chi connectivity index (χ3v) is 3.55. The number of hydrogen-bond donors (Lipinski definition) is 2. The SMILES string of the molecule is COc1cnc(C(NN)C(C(C)C)C(C)C)c(OC)n1. The lowest BCUT2D eigenvalue weighted by Crippen LogP contribution is -2.39. The maximum Gasteiger partial charge on any atom is 0.240 e. The summed E-state index contributed by atoms with van der Waals surface area (Å²) in [5.41, 5.74) is 3.58. The smallest absolute Gasteiger partial charge is 0.240 e. The average molecular weight is 282 g/mol. The van der Waals surface area contributed by atoms with E-state index in [9.17, 15) is 0 Å². The maximum atomic E-state index is 5.77. The molecule has 114 valence electrons. The van der Waals surface area contributed by atoms with E-state index < -0.39 is 0 Å². The van der Waals surface area contributed by atoms with Gasteiger partial charge in [-0.25, -0.2) is 4.98 Å². The standard InChI is InChI=1S/C14H26N4O2/c1-8(2)11(9(3)4)12(18-15)13-14(20-6)17-10(19-5)7-16-13/h7-9,11-12,18H,15H2,1-6H3. The molecule has 6 nitrogen and oxygen atoms in total. The molecule has 3 N–H and O–H groups in total. The minimum Gasteiger partial charge on any atom is -0.480 e. The lowest BCUT2D eigenvalue weighted by molar-refractivity contribution is 0.202. The Morgan fingerprint density at radius 1 is 1.10 bits per heavy atom. The van der Waals surface area contributed by atoms with Crippen LogP contribution in [0, 0.1) is 17.8 Å². The molecule has 1 rings (SSSR count). The summed E-state index contributed by atoms with van der Waals surface area (Å²) in [6.07, 6.45) is 1.58. The number of aromatic nitrogens is 2. The van der Waals surface area contributed by atoms with Crippen LogP contribution in [0.4, 0.5) is 0 Å². The molecular weight excluding hydrogens is 256 g/mol. The van der Waals surface area contributed by atoms with Crippen LogP contribution in [0.1, 0.15) is 39.4 Å². The van der Waals surface area contributed by atoms with E-state index in [1.807, 2.05) is 0 Å². The van der Waals surface area contributed by atoms with Crippen molar-refractivity contribution in [2.45, 2.75) is 33.7 Å². The molecule has 0 fully saturated rings. The summed E-state index contributed by atoms with van der Waals surface area (Å²) >= 11 is 0. The Kier molecular flexibility index (Phi) is 6.16. The van der Waals surface area contributed by atoms with Gasteiger partial charge in [0.1, 0.15) is 5.69 Å². The summed E-state index contributed by atoms with van der Waals surface area (Å²) in [6.45, 7) is 8.72. The predicted octanol–water partition coefficient (Wildman–Crippen LogP) is 1.93. The van der Waals surface area contributed by atoms with Crippen LogP contribution < -0.4 is 20.7 Å². The van der Waals surface area contributed by atoms with Crippen LogP contribution in [-0.2, 0) is 0 Å². The number of nitrogens with zero attached hydrogens (tertiary/aromatic N) is 2. The van der Waals surface area contributed by atoms with E-state index >= 15 is 0 Å². The molecule has 0 amide bonds. The number of rotatable bonds is 7. The first-order valence-corrected chi connectivity index (χ1v) is 6.87. The normalized spacial score (nSPS) is 13.1. The summed E-state index contributed by atoms with van der Waals surface area (Å²) in [5.74, 6) is 7.85. The molecule has 20 heavy (non-hydrogen) atoms. The molecule has 1 heterocycles. The van der Waals surface area contributed by atoms with Crippen molar-refractivity contribution in [3.8, 4) is 11.8 Å². The van der Waals surface area contributed by atoms with Crippen molar-refractivity contribution in [2.24, 2.45) is 23.6 Å². The molecule has 1 atom stereocenters. The molecule has 0 spiro atoms. The van der Waals surface area contributed by atoms with Gasteiger partial charge in [0.2, 0.25) is 11.8 Å². The van der Waals surface area contributed by atoms with E-state index in [0.29, 0.717) is 35.2 Å². The summed E-state index contributed by atoms with van der Waals surface area (Å²) in [4.78, 5) is 8.70. The van der Waals surface area contributed by atoms with Crippen molar-refractivity contribution in [2.75, 3.05) is 14.2 Å². The van der Waals surface area contributed by atoms with E-state index in [4.69, 9.17) is 15.3 Å². The largest absolute Gasteiger partial charge is 0.480 e. The summed E-state index contributed by atoms with van der Waals surface area (Å²) in [7, 11) is 3.12. The minimum atomic E-state index is -0.122. The zero-order valence-electron chi connectivity index (χ0n) is 13.2. The molecule has 0 saturated carbocycles. The molecule has 0 saturated heterocycles. The molecule has 0 aromatic carbocycles. The molecule has 0 aliphatic rings. The molecule has 1 aromatic rings. The van der Waals surface area contributed by atoms with Crippen LogP contribution in [0.25, 0.3) is 0 Å². The van der Waals surface area contributed by atoms with Gasteiger partial charge in [-0.3, -0.25) is 11.3 Å². The highest BCUT2D eigenvalue weighted by atomic mass is 16.5. The van der Waals surface area contributed by atoms with Gasteiger partial charge in [-0.05, 0) is 17.8 Å². The second-order valence-electron chi connectivity index (χ2n) is 5.52. The van der Waals surface area contributed by atoms with Crippen LogP contribution in [0.3, 0.4) is 0 Å². The fourth-order valence-electron chi connectivity index (χ4n) is 2.74. The highest BCUT2D eigenvalue weighted by molar-refractivity contribution is 5.26. The molecule has 0 radical (unpaired) electrons. The van der Waals surface area contributed by atoms with Crippen molar-refractivity contribution in [3.05, 3.63) is 11.9 Å². The predicted molar refractivity (Wildman–Crippen MR) is 78.4 cm³/mol. The maximum absolute atomic E-state index is 5.77. The van der Waals surface area contributed by atoms with E-state index in [2.05, 4.69) is 43.1 Å². The zero-order chi connectivity index (χ0) is 15.3. The molecular formula is C14H26N4O2. The zero-order valence-corrected chi connectivity index (χ0v) is 13.2. The van der Waals surface area contributed by atoms with Crippen LogP contribution in [0.15, 0.2) is 6.20 Å². The van der Waals surface area contributed by atoms with Gasteiger partial charge in [-0.1, -0.05) is 27.7 Å². The van der Waals surface area contributed by atoms with Crippen molar-refractivity contribution >= 4 is 0 Å². The molecule has 6 heteroatoms. The average Bonchev–Trinajstić information content (AvgIpc) is 2.42. The number of nitrogens with one attached hydrogen (secondary N) is 1. The molecule has 0 aliphatic carbocycles. The second-order valence-corrected chi connectivity index (χ2v) is 5.52. The van der Waals surface area contributed by atoms with Crippen LogP contribution in [0.2, 0.25) is 0 Å². The third-order valence-electron chi connectivity index (χ3n) is 3.55. The monoisotopic (exact) mass is 282 g/mol. The Balaban J connectivity index is 3.23. The topological polar surface area (TPSA) is 82.3 Å². The van der Waals surface area contributed by atoms with Crippen molar-refractivity contribution in [3.63, 3.8) is 0 Å².